The fourth-order valence-electron chi connectivity index (χ4n) is 2.26. The molecule has 20 heavy (non-hydrogen) atoms. The average Bonchev–Trinajstić information content (AvgIpc) is 2.43. The van der Waals surface area contributed by atoms with Crippen LogP contribution in [0.5, 0.6) is 0 Å². The maximum Gasteiger partial charge on any atom is 0.0661 e. The van der Waals surface area contributed by atoms with Crippen molar-refractivity contribution in [2.45, 2.75) is 13.0 Å². The zero-order chi connectivity index (χ0) is 14.7. The van der Waals surface area contributed by atoms with Crippen LogP contribution in [0.1, 0.15) is 17.2 Å². The predicted molar refractivity (Wildman–Crippen MR) is 93.2 cm³/mol. The van der Waals surface area contributed by atoms with Crippen molar-refractivity contribution in [3.63, 3.8) is 0 Å². The first-order valence-electron chi connectivity index (χ1n) is 6.47. The lowest BCUT2D eigenvalue weighted by molar-refractivity contribution is 0.680. The van der Waals surface area contributed by atoms with Gasteiger partial charge in [-0.25, -0.2) is 0 Å². The molecule has 0 aliphatic heterocycles. The molecule has 2 aromatic carbocycles. The van der Waals surface area contributed by atoms with Crippen LogP contribution in [-0.4, -0.2) is 13.6 Å². The van der Waals surface area contributed by atoms with Crippen molar-refractivity contribution in [2.24, 2.45) is 5.73 Å². The Morgan fingerprint density at radius 3 is 2.45 bits per heavy atom. The number of hydrogen-bond donors (Lipinski definition) is 1. The molecular formula is C16H18Br2N2. The van der Waals surface area contributed by atoms with Crippen molar-refractivity contribution >= 4 is 37.5 Å². The molecule has 106 valence electrons. The van der Waals surface area contributed by atoms with Gasteiger partial charge in [0, 0.05) is 28.2 Å². The number of benzene rings is 2. The van der Waals surface area contributed by atoms with E-state index in [1.807, 2.05) is 6.07 Å². The van der Waals surface area contributed by atoms with Crippen LogP contribution >= 0.6 is 31.9 Å². The number of hydrogen-bond acceptors (Lipinski definition) is 2. The lowest BCUT2D eigenvalue weighted by Gasteiger charge is -2.30. The summed E-state index contributed by atoms with van der Waals surface area (Å²) < 4.78 is 2.10. The van der Waals surface area contributed by atoms with Crippen molar-refractivity contribution in [1.29, 1.82) is 0 Å². The van der Waals surface area contributed by atoms with Crippen LogP contribution in [0.2, 0.25) is 0 Å². The van der Waals surface area contributed by atoms with Gasteiger partial charge in [0.1, 0.15) is 0 Å². The number of rotatable bonds is 4. The Morgan fingerprint density at radius 1 is 1.10 bits per heavy atom. The third-order valence-corrected chi connectivity index (χ3v) is 5.31. The van der Waals surface area contributed by atoms with Crippen molar-refractivity contribution in [1.82, 2.24) is 0 Å². The smallest absolute Gasteiger partial charge is 0.0661 e. The summed E-state index contributed by atoms with van der Waals surface area (Å²) in [5.74, 6) is 0. The number of nitrogens with two attached hydrogens (primary N) is 1. The molecule has 0 heterocycles. The van der Waals surface area contributed by atoms with Crippen LogP contribution in [0.4, 0.5) is 5.69 Å². The minimum absolute atomic E-state index is 0.154. The van der Waals surface area contributed by atoms with Crippen molar-refractivity contribution in [3.8, 4) is 0 Å². The Hall–Kier alpha value is -0.840. The van der Waals surface area contributed by atoms with E-state index in [1.54, 1.807) is 0 Å². The number of likely N-dealkylation sites (N-methyl/N-ethyl adjacent to an activating group) is 1. The molecule has 0 aliphatic carbocycles. The zero-order valence-corrected chi connectivity index (χ0v) is 14.8. The first-order valence-corrected chi connectivity index (χ1v) is 8.06. The van der Waals surface area contributed by atoms with Crippen LogP contribution in [0.25, 0.3) is 0 Å². The van der Waals surface area contributed by atoms with Gasteiger partial charge in [-0.05, 0) is 74.2 Å². The van der Waals surface area contributed by atoms with Gasteiger partial charge in [-0.15, -0.1) is 0 Å². The lowest BCUT2D eigenvalue weighted by Crippen LogP contribution is -2.30. The molecule has 2 nitrogen and oxygen atoms in total. The van der Waals surface area contributed by atoms with E-state index in [0.717, 1.165) is 8.95 Å². The molecule has 0 radical (unpaired) electrons. The SMILES string of the molecule is Cc1cccc(N(C)C(CN)c2ccc(Br)c(Br)c2)c1. The van der Waals surface area contributed by atoms with Crippen molar-refractivity contribution < 1.29 is 0 Å². The third-order valence-electron chi connectivity index (χ3n) is 3.43. The van der Waals surface area contributed by atoms with E-state index in [1.165, 1.54) is 16.8 Å². The molecule has 2 rings (SSSR count). The normalized spacial score (nSPS) is 12.2. The molecule has 0 spiro atoms. The third kappa shape index (κ3) is 3.43. The number of halogens is 2. The summed E-state index contributed by atoms with van der Waals surface area (Å²) in [6.07, 6.45) is 0. The molecule has 0 aliphatic rings. The quantitative estimate of drug-likeness (QED) is 0.812. The summed E-state index contributed by atoms with van der Waals surface area (Å²) in [5.41, 5.74) is 9.63. The van der Waals surface area contributed by atoms with Crippen LogP contribution < -0.4 is 10.6 Å². The summed E-state index contributed by atoms with van der Waals surface area (Å²) in [6.45, 7) is 2.67. The molecule has 2 N–H and O–H groups in total. The fourth-order valence-corrected chi connectivity index (χ4v) is 2.91. The highest BCUT2D eigenvalue weighted by Gasteiger charge is 2.17. The monoisotopic (exact) mass is 396 g/mol. The Balaban J connectivity index is 2.33. The van der Waals surface area contributed by atoms with Crippen LogP contribution in [-0.2, 0) is 0 Å². The second-order valence-corrected chi connectivity index (χ2v) is 6.58. The van der Waals surface area contributed by atoms with E-state index in [2.05, 4.69) is 87.1 Å². The summed E-state index contributed by atoms with van der Waals surface area (Å²) in [6, 6.07) is 14.9. The highest BCUT2D eigenvalue weighted by Crippen LogP contribution is 2.30. The first-order chi connectivity index (χ1) is 9.52. The lowest BCUT2D eigenvalue weighted by atomic mass is 10.0. The minimum atomic E-state index is 0.154. The second-order valence-electron chi connectivity index (χ2n) is 4.87. The molecule has 0 aromatic heterocycles. The Labute approximate surface area is 137 Å². The standard InChI is InChI=1S/C16H18Br2N2/c1-11-4-3-5-13(8-11)20(2)16(10-19)12-6-7-14(17)15(18)9-12/h3-9,16H,10,19H2,1-2H3. The van der Waals surface area contributed by atoms with Crippen LogP contribution in [0, 0.1) is 6.92 Å². The van der Waals surface area contributed by atoms with E-state index >= 15 is 0 Å². The Bertz CT molecular complexity index is 599. The Morgan fingerprint density at radius 2 is 1.85 bits per heavy atom. The molecule has 0 bridgehead atoms. The number of aryl methyl sites for hydroxylation is 1. The van der Waals surface area contributed by atoms with Gasteiger partial charge in [0.25, 0.3) is 0 Å². The summed E-state index contributed by atoms with van der Waals surface area (Å²) in [5, 5.41) is 0. The predicted octanol–water partition coefficient (Wildman–Crippen LogP) is 4.66. The molecule has 4 heteroatoms. The van der Waals surface area contributed by atoms with Gasteiger partial charge < -0.3 is 10.6 Å². The number of nitrogens with zero attached hydrogens (tertiary/aromatic N) is 1. The van der Waals surface area contributed by atoms with Gasteiger partial charge >= 0.3 is 0 Å². The maximum absolute atomic E-state index is 6.00. The molecule has 0 amide bonds. The van der Waals surface area contributed by atoms with Gasteiger partial charge in [-0.1, -0.05) is 18.2 Å². The van der Waals surface area contributed by atoms with E-state index in [0.29, 0.717) is 6.54 Å². The van der Waals surface area contributed by atoms with Crippen molar-refractivity contribution in [2.75, 3.05) is 18.5 Å². The molecule has 0 saturated carbocycles. The highest BCUT2D eigenvalue weighted by molar-refractivity contribution is 9.13. The topological polar surface area (TPSA) is 29.3 Å². The van der Waals surface area contributed by atoms with E-state index in [-0.39, 0.29) is 6.04 Å². The van der Waals surface area contributed by atoms with Crippen LogP contribution in [0.15, 0.2) is 51.4 Å². The van der Waals surface area contributed by atoms with Crippen LogP contribution in [0.3, 0.4) is 0 Å². The van der Waals surface area contributed by atoms with Gasteiger partial charge in [-0.2, -0.15) is 0 Å². The van der Waals surface area contributed by atoms with E-state index in [9.17, 15) is 0 Å². The molecule has 0 saturated heterocycles. The fraction of sp³-hybridized carbons (Fsp3) is 0.250. The molecule has 2 aromatic rings. The first kappa shape index (κ1) is 15.5. The van der Waals surface area contributed by atoms with Gasteiger partial charge in [0.05, 0.1) is 6.04 Å². The van der Waals surface area contributed by atoms with E-state index in [4.69, 9.17) is 5.73 Å². The zero-order valence-electron chi connectivity index (χ0n) is 11.6. The summed E-state index contributed by atoms with van der Waals surface area (Å²) in [4.78, 5) is 2.22. The highest BCUT2D eigenvalue weighted by atomic mass is 79.9. The van der Waals surface area contributed by atoms with Gasteiger partial charge in [0.2, 0.25) is 0 Å². The van der Waals surface area contributed by atoms with Gasteiger partial charge in [0.15, 0.2) is 0 Å². The largest absolute Gasteiger partial charge is 0.366 e. The molecule has 0 fully saturated rings. The molecular weight excluding hydrogens is 380 g/mol. The Kier molecular flexibility index (Phi) is 5.24. The molecule has 1 unspecified atom stereocenters. The van der Waals surface area contributed by atoms with Gasteiger partial charge in [-0.3, -0.25) is 0 Å². The summed E-state index contributed by atoms with van der Waals surface area (Å²) >= 11 is 7.05. The second kappa shape index (κ2) is 6.74. The maximum atomic E-state index is 6.00. The minimum Gasteiger partial charge on any atom is -0.366 e. The number of anilines is 1. The van der Waals surface area contributed by atoms with Crippen molar-refractivity contribution in [3.05, 3.63) is 62.5 Å². The molecule has 1 atom stereocenters. The summed E-state index contributed by atoms with van der Waals surface area (Å²) in [7, 11) is 2.09. The average molecular weight is 398 g/mol. The van der Waals surface area contributed by atoms with E-state index < -0.39 is 0 Å².